The molecule has 0 atom stereocenters. The monoisotopic (exact) mass is 488 g/mol. The van der Waals surface area contributed by atoms with Crippen molar-refractivity contribution >= 4 is 32.9 Å². The summed E-state index contributed by atoms with van der Waals surface area (Å²) in [6, 6.07) is 23.6. The standard InChI is InChI=1S/C21H16N2O.4C3H8/c1-14-10-11-15-6-2-4-8-17(15)20(14)22-23-21-18-9-5-3-7-16(18)12-13-19(21)24;4*1-3-2/h2-13,24H,1H3;4*3H2,1-2H3. The Hall–Kier alpha value is -3.20. The maximum atomic E-state index is 10.2. The summed E-state index contributed by atoms with van der Waals surface area (Å²) in [5.74, 6) is 0.135. The predicted molar refractivity (Wildman–Crippen MR) is 162 cm³/mol. The molecule has 4 aromatic rings. The molecule has 0 fully saturated rings. The lowest BCUT2D eigenvalue weighted by Crippen LogP contribution is -1.79. The number of benzene rings is 4. The molecular formula is C33H48N2O. The van der Waals surface area contributed by atoms with Crippen molar-refractivity contribution in [1.82, 2.24) is 0 Å². The molecule has 0 spiro atoms. The zero-order valence-corrected chi connectivity index (χ0v) is 24.1. The van der Waals surface area contributed by atoms with Crippen molar-refractivity contribution in [3.05, 3.63) is 78.4 Å². The van der Waals surface area contributed by atoms with Gasteiger partial charge in [0, 0.05) is 10.8 Å². The average molecular weight is 489 g/mol. The van der Waals surface area contributed by atoms with Crippen LogP contribution in [0, 0.1) is 6.92 Å². The number of azo groups is 1. The topological polar surface area (TPSA) is 45.0 Å². The highest BCUT2D eigenvalue weighted by molar-refractivity contribution is 5.96. The molecule has 0 amide bonds. The van der Waals surface area contributed by atoms with Gasteiger partial charge in [-0.1, -0.05) is 148 Å². The Bertz CT molecular complexity index is 1050. The molecule has 36 heavy (non-hydrogen) atoms. The van der Waals surface area contributed by atoms with Gasteiger partial charge in [0.2, 0.25) is 0 Å². The quantitative estimate of drug-likeness (QED) is 0.280. The lowest BCUT2D eigenvalue weighted by atomic mass is 10.1. The number of hydrogen-bond donors (Lipinski definition) is 1. The van der Waals surface area contributed by atoms with Crippen molar-refractivity contribution < 1.29 is 5.11 Å². The third-order valence-electron chi connectivity index (χ3n) is 4.23. The van der Waals surface area contributed by atoms with Crippen LogP contribution >= 0.6 is 0 Å². The van der Waals surface area contributed by atoms with Gasteiger partial charge in [0.1, 0.15) is 11.4 Å². The van der Waals surface area contributed by atoms with Crippen LogP contribution in [0.25, 0.3) is 21.5 Å². The van der Waals surface area contributed by atoms with Gasteiger partial charge in [-0.05, 0) is 29.3 Å². The highest BCUT2D eigenvalue weighted by Gasteiger charge is 2.08. The van der Waals surface area contributed by atoms with Crippen molar-refractivity contribution in [3.63, 3.8) is 0 Å². The number of fused-ring (bicyclic) bond motifs is 2. The molecule has 0 saturated carbocycles. The molecule has 3 heteroatoms. The molecule has 1 N–H and O–H groups in total. The first-order valence-electron chi connectivity index (χ1n) is 13.5. The first-order valence-corrected chi connectivity index (χ1v) is 13.5. The van der Waals surface area contributed by atoms with Gasteiger partial charge in [-0.2, -0.15) is 0 Å². The summed E-state index contributed by atoms with van der Waals surface area (Å²) in [5.41, 5.74) is 2.39. The van der Waals surface area contributed by atoms with Gasteiger partial charge in [-0.3, -0.25) is 0 Å². The molecule has 196 valence electrons. The van der Waals surface area contributed by atoms with E-state index in [1.54, 1.807) is 6.07 Å². The Morgan fingerprint density at radius 3 is 1.33 bits per heavy atom. The van der Waals surface area contributed by atoms with Gasteiger partial charge in [0.05, 0.1) is 5.69 Å². The summed E-state index contributed by atoms with van der Waals surface area (Å²) in [4.78, 5) is 0. The van der Waals surface area contributed by atoms with Gasteiger partial charge in [-0.15, -0.1) is 10.2 Å². The smallest absolute Gasteiger partial charge is 0.143 e. The largest absolute Gasteiger partial charge is 0.506 e. The van der Waals surface area contributed by atoms with Crippen LogP contribution < -0.4 is 0 Å². The normalized spacial score (nSPS) is 9.69. The third-order valence-corrected chi connectivity index (χ3v) is 4.23. The van der Waals surface area contributed by atoms with Crippen LogP contribution in [0.15, 0.2) is 83.0 Å². The number of phenolic OH excluding ortho intramolecular Hbond substituents is 1. The molecule has 4 aromatic carbocycles. The van der Waals surface area contributed by atoms with Gasteiger partial charge in [0.25, 0.3) is 0 Å². The van der Waals surface area contributed by atoms with E-state index in [-0.39, 0.29) is 5.75 Å². The zero-order valence-electron chi connectivity index (χ0n) is 24.1. The number of aryl methyl sites for hydroxylation is 1. The molecule has 0 unspecified atom stereocenters. The van der Waals surface area contributed by atoms with Crippen LogP contribution in [-0.2, 0) is 0 Å². The molecule has 0 bridgehead atoms. The van der Waals surface area contributed by atoms with E-state index in [0.717, 1.165) is 32.8 Å². The zero-order chi connectivity index (χ0) is 27.3. The summed E-state index contributed by atoms with van der Waals surface area (Å²) in [5, 5.41) is 23.2. The number of phenols is 1. The van der Waals surface area contributed by atoms with Gasteiger partial charge >= 0.3 is 0 Å². The minimum atomic E-state index is 0.135. The van der Waals surface area contributed by atoms with Crippen LogP contribution in [-0.4, -0.2) is 5.11 Å². The molecule has 0 aromatic heterocycles. The minimum Gasteiger partial charge on any atom is -0.506 e. The number of nitrogens with zero attached hydrogens (tertiary/aromatic N) is 2. The third kappa shape index (κ3) is 11.0. The molecule has 3 nitrogen and oxygen atoms in total. The van der Waals surface area contributed by atoms with E-state index in [9.17, 15) is 5.11 Å². The van der Waals surface area contributed by atoms with E-state index >= 15 is 0 Å². The molecule has 0 radical (unpaired) electrons. The average Bonchev–Trinajstić information content (AvgIpc) is 2.86. The van der Waals surface area contributed by atoms with Crippen LogP contribution in [0.1, 0.15) is 86.6 Å². The minimum absolute atomic E-state index is 0.135. The Morgan fingerprint density at radius 2 is 0.861 bits per heavy atom. The van der Waals surface area contributed by atoms with Crippen LogP contribution in [0.5, 0.6) is 5.75 Å². The van der Waals surface area contributed by atoms with Crippen LogP contribution in [0.2, 0.25) is 0 Å². The SMILES string of the molecule is CCC.CCC.CCC.CCC.Cc1ccc2ccccc2c1N=Nc1c(O)ccc2ccccc12. The van der Waals surface area contributed by atoms with Gasteiger partial charge in [0.15, 0.2) is 0 Å². The fraction of sp³-hybridized carbons (Fsp3) is 0.394. The molecule has 0 heterocycles. The van der Waals surface area contributed by atoms with Gasteiger partial charge < -0.3 is 5.11 Å². The number of hydrogen-bond acceptors (Lipinski definition) is 3. The first kappa shape index (κ1) is 32.8. The van der Waals surface area contributed by atoms with Crippen LogP contribution in [0.3, 0.4) is 0 Å². The van der Waals surface area contributed by atoms with Crippen molar-refractivity contribution in [2.24, 2.45) is 10.2 Å². The molecule has 0 saturated heterocycles. The summed E-state index contributed by atoms with van der Waals surface area (Å²) >= 11 is 0. The highest BCUT2D eigenvalue weighted by atomic mass is 16.3. The molecular weight excluding hydrogens is 440 g/mol. The fourth-order valence-corrected chi connectivity index (χ4v) is 2.95. The van der Waals surface area contributed by atoms with Crippen molar-refractivity contribution in [2.45, 2.75) is 88.0 Å². The van der Waals surface area contributed by atoms with Crippen molar-refractivity contribution in [3.8, 4) is 5.75 Å². The second kappa shape index (κ2) is 20.0. The Labute approximate surface area is 220 Å². The molecule has 0 aliphatic heterocycles. The fourth-order valence-electron chi connectivity index (χ4n) is 2.95. The summed E-state index contributed by atoms with van der Waals surface area (Å²) in [6.07, 6.45) is 5.00. The molecule has 4 rings (SSSR count). The van der Waals surface area contributed by atoms with E-state index in [0.29, 0.717) is 5.69 Å². The maximum Gasteiger partial charge on any atom is 0.143 e. The second-order valence-corrected chi connectivity index (χ2v) is 8.64. The lowest BCUT2D eigenvalue weighted by Gasteiger charge is -2.06. The van der Waals surface area contributed by atoms with Crippen LogP contribution in [0.4, 0.5) is 11.4 Å². The van der Waals surface area contributed by atoms with Gasteiger partial charge in [-0.25, -0.2) is 0 Å². The van der Waals surface area contributed by atoms with E-state index in [2.05, 4.69) is 77.8 Å². The first-order chi connectivity index (χ1) is 17.4. The van der Waals surface area contributed by atoms with E-state index < -0.39 is 0 Å². The summed E-state index contributed by atoms with van der Waals surface area (Å²) < 4.78 is 0. The lowest BCUT2D eigenvalue weighted by molar-refractivity contribution is 0.477. The number of rotatable bonds is 2. The number of aromatic hydroxyl groups is 1. The van der Waals surface area contributed by atoms with Crippen molar-refractivity contribution in [1.29, 1.82) is 0 Å². The Balaban J connectivity index is 0.000000872. The second-order valence-electron chi connectivity index (χ2n) is 8.64. The summed E-state index contributed by atoms with van der Waals surface area (Å²) in [7, 11) is 0. The Kier molecular flexibility index (Phi) is 18.3. The maximum absolute atomic E-state index is 10.2. The van der Waals surface area contributed by atoms with E-state index in [1.807, 2.05) is 61.5 Å². The Morgan fingerprint density at radius 1 is 0.500 bits per heavy atom. The molecule has 0 aliphatic carbocycles. The predicted octanol–water partition coefficient (Wildman–Crippen LogP) is 12.1. The van der Waals surface area contributed by atoms with Crippen molar-refractivity contribution in [2.75, 3.05) is 0 Å². The van der Waals surface area contributed by atoms with E-state index in [4.69, 9.17) is 0 Å². The highest BCUT2D eigenvalue weighted by Crippen LogP contribution is 2.37. The summed E-state index contributed by atoms with van der Waals surface area (Å²) in [6.45, 7) is 19.0. The molecule has 0 aliphatic rings. The van der Waals surface area contributed by atoms with E-state index in [1.165, 1.54) is 25.7 Å².